The number of fused-ring (bicyclic) bond motifs is 1. The molecule has 2 aromatic rings. The minimum absolute atomic E-state index is 0.111. The summed E-state index contributed by atoms with van der Waals surface area (Å²) in [6, 6.07) is -0.111. The summed E-state index contributed by atoms with van der Waals surface area (Å²) >= 11 is 0. The van der Waals surface area contributed by atoms with Crippen molar-refractivity contribution < 1.29 is 29.6 Å². The maximum Gasteiger partial charge on any atom is 0.306 e. The number of aromatic nitrogens is 4. The van der Waals surface area contributed by atoms with Gasteiger partial charge in [-0.3, -0.25) is 9.36 Å². The first-order valence-corrected chi connectivity index (χ1v) is 10.9. The summed E-state index contributed by atoms with van der Waals surface area (Å²) in [6.07, 6.45) is 0.776. The Balaban J connectivity index is 1.48. The highest BCUT2D eigenvalue weighted by Crippen LogP contribution is 2.33. The number of anilines is 1. The van der Waals surface area contributed by atoms with Gasteiger partial charge in [-0.1, -0.05) is 20.8 Å². The number of aliphatic hydroxyl groups excluding tert-OH is 3. The van der Waals surface area contributed by atoms with Crippen LogP contribution in [0.25, 0.3) is 11.2 Å². The molecular formula is C21H31N5O6. The average molecular weight is 450 g/mol. The minimum Gasteiger partial charge on any atom is -0.463 e. The standard InChI is InChI=1S/C21H31N5O6/c1-21(2,3)7-14(28)31-8-13-16(29)17(30)20(32-13)26-10-24-15-18(22-9-23-19(15)26)25-11-5-4-6-12(11)27/h9-13,16-17,20,27,29-30H,4-8H2,1-3H3,(H,22,23,25)/t11?,12-,13-,16-,17-,20?/m1/s1. The van der Waals surface area contributed by atoms with Crippen LogP contribution >= 0.6 is 0 Å². The fourth-order valence-electron chi connectivity index (χ4n) is 4.18. The Kier molecular flexibility index (Phi) is 6.35. The molecule has 2 unspecified atom stereocenters. The molecule has 0 spiro atoms. The van der Waals surface area contributed by atoms with Gasteiger partial charge in [-0.25, -0.2) is 15.0 Å². The van der Waals surface area contributed by atoms with Crippen molar-refractivity contribution in [3.05, 3.63) is 12.7 Å². The molecule has 176 valence electrons. The predicted molar refractivity (Wildman–Crippen MR) is 114 cm³/mol. The van der Waals surface area contributed by atoms with Crippen LogP contribution in [0.15, 0.2) is 12.7 Å². The van der Waals surface area contributed by atoms with Crippen molar-refractivity contribution in [2.24, 2.45) is 5.41 Å². The fourth-order valence-corrected chi connectivity index (χ4v) is 4.18. The zero-order chi connectivity index (χ0) is 23.0. The van der Waals surface area contributed by atoms with Crippen LogP contribution in [0.1, 0.15) is 52.7 Å². The third kappa shape index (κ3) is 4.70. The first-order valence-electron chi connectivity index (χ1n) is 10.9. The zero-order valence-corrected chi connectivity index (χ0v) is 18.5. The molecule has 6 atom stereocenters. The Morgan fingerprint density at radius 2 is 2.00 bits per heavy atom. The van der Waals surface area contributed by atoms with E-state index in [0.717, 1.165) is 19.3 Å². The molecule has 2 aromatic heterocycles. The van der Waals surface area contributed by atoms with Crippen LogP contribution in [-0.2, 0) is 14.3 Å². The number of nitrogens with one attached hydrogen (secondary N) is 1. The minimum atomic E-state index is -1.26. The van der Waals surface area contributed by atoms with Gasteiger partial charge in [-0.05, 0) is 24.7 Å². The van der Waals surface area contributed by atoms with Crippen molar-refractivity contribution >= 4 is 23.0 Å². The van der Waals surface area contributed by atoms with Crippen molar-refractivity contribution in [3.63, 3.8) is 0 Å². The van der Waals surface area contributed by atoms with Gasteiger partial charge in [0.2, 0.25) is 0 Å². The molecule has 1 aliphatic heterocycles. The molecule has 3 heterocycles. The van der Waals surface area contributed by atoms with E-state index in [2.05, 4.69) is 20.3 Å². The Bertz CT molecular complexity index is 960. The maximum absolute atomic E-state index is 12.0. The van der Waals surface area contributed by atoms with E-state index in [1.54, 1.807) is 0 Å². The van der Waals surface area contributed by atoms with Gasteiger partial charge in [-0.15, -0.1) is 0 Å². The summed E-state index contributed by atoms with van der Waals surface area (Å²) in [6.45, 7) is 5.62. The number of imidazole rings is 1. The lowest BCUT2D eigenvalue weighted by Gasteiger charge is -2.19. The van der Waals surface area contributed by atoms with E-state index in [0.29, 0.717) is 17.0 Å². The summed E-state index contributed by atoms with van der Waals surface area (Å²) in [5.41, 5.74) is 0.665. The average Bonchev–Trinajstić information content (AvgIpc) is 3.39. The predicted octanol–water partition coefficient (Wildman–Crippen LogP) is 0.750. The third-order valence-corrected chi connectivity index (χ3v) is 5.85. The van der Waals surface area contributed by atoms with Crippen LogP contribution in [-0.4, -0.2) is 77.9 Å². The van der Waals surface area contributed by atoms with Crippen LogP contribution in [0.4, 0.5) is 5.82 Å². The van der Waals surface area contributed by atoms with E-state index in [9.17, 15) is 20.1 Å². The van der Waals surface area contributed by atoms with E-state index in [4.69, 9.17) is 9.47 Å². The van der Waals surface area contributed by atoms with Gasteiger partial charge in [0.25, 0.3) is 0 Å². The second-order valence-electron chi connectivity index (χ2n) is 9.76. The van der Waals surface area contributed by atoms with Crippen molar-refractivity contribution in [2.75, 3.05) is 11.9 Å². The molecule has 4 rings (SSSR count). The quantitative estimate of drug-likeness (QED) is 0.465. The molecule has 0 aromatic carbocycles. The number of esters is 1. The van der Waals surface area contributed by atoms with Crippen molar-refractivity contribution in [1.82, 2.24) is 19.5 Å². The van der Waals surface area contributed by atoms with E-state index >= 15 is 0 Å². The molecule has 1 saturated heterocycles. The second kappa shape index (κ2) is 8.89. The first kappa shape index (κ1) is 22.8. The van der Waals surface area contributed by atoms with Crippen LogP contribution in [0.2, 0.25) is 0 Å². The SMILES string of the molecule is CC(C)(C)CC(=O)OC[C@H]1OC(n2cnc3c(NC4CCC[C@H]4O)ncnc32)[C@H](O)[C@@H]1O. The molecule has 2 aliphatic rings. The van der Waals surface area contributed by atoms with Crippen molar-refractivity contribution in [3.8, 4) is 0 Å². The first-order chi connectivity index (χ1) is 15.1. The molecule has 32 heavy (non-hydrogen) atoms. The molecular weight excluding hydrogens is 418 g/mol. The molecule has 11 heteroatoms. The number of carbonyl (C=O) groups is 1. The van der Waals surface area contributed by atoms with Crippen LogP contribution < -0.4 is 5.32 Å². The monoisotopic (exact) mass is 449 g/mol. The molecule has 4 N–H and O–H groups in total. The number of rotatable bonds is 6. The highest BCUT2D eigenvalue weighted by molar-refractivity contribution is 5.82. The van der Waals surface area contributed by atoms with Gasteiger partial charge in [0.05, 0.1) is 24.9 Å². The van der Waals surface area contributed by atoms with Gasteiger partial charge in [-0.2, -0.15) is 0 Å². The number of ether oxygens (including phenoxy) is 2. The van der Waals surface area contributed by atoms with Gasteiger partial charge in [0.1, 0.15) is 31.2 Å². The van der Waals surface area contributed by atoms with E-state index < -0.39 is 36.6 Å². The Hall–Kier alpha value is -2.34. The highest BCUT2D eigenvalue weighted by atomic mass is 16.6. The molecule has 0 amide bonds. The number of aliphatic hydroxyl groups is 3. The van der Waals surface area contributed by atoms with E-state index in [1.165, 1.54) is 17.2 Å². The maximum atomic E-state index is 12.0. The Morgan fingerprint density at radius 3 is 2.69 bits per heavy atom. The lowest BCUT2D eigenvalue weighted by atomic mass is 9.92. The molecule has 1 saturated carbocycles. The van der Waals surface area contributed by atoms with Gasteiger partial charge < -0.3 is 30.1 Å². The van der Waals surface area contributed by atoms with E-state index in [1.807, 2.05) is 20.8 Å². The molecule has 2 fully saturated rings. The third-order valence-electron chi connectivity index (χ3n) is 5.85. The van der Waals surface area contributed by atoms with Gasteiger partial charge in [0.15, 0.2) is 23.2 Å². The van der Waals surface area contributed by atoms with Crippen molar-refractivity contribution in [1.29, 1.82) is 0 Å². The normalized spacial score (nSPS) is 30.7. The fraction of sp³-hybridized carbons (Fsp3) is 0.714. The van der Waals surface area contributed by atoms with Gasteiger partial charge in [0, 0.05) is 0 Å². The molecule has 0 bridgehead atoms. The topological polar surface area (TPSA) is 152 Å². The number of nitrogens with zero attached hydrogens (tertiary/aromatic N) is 4. The Morgan fingerprint density at radius 1 is 1.22 bits per heavy atom. The summed E-state index contributed by atoms with van der Waals surface area (Å²) < 4.78 is 12.6. The zero-order valence-electron chi connectivity index (χ0n) is 18.5. The molecule has 1 aliphatic carbocycles. The van der Waals surface area contributed by atoms with E-state index in [-0.39, 0.29) is 24.5 Å². The van der Waals surface area contributed by atoms with Crippen LogP contribution in [0.3, 0.4) is 0 Å². The highest BCUT2D eigenvalue weighted by Gasteiger charge is 2.45. The van der Waals surface area contributed by atoms with Gasteiger partial charge >= 0.3 is 5.97 Å². The molecule has 11 nitrogen and oxygen atoms in total. The Labute approximate surface area is 185 Å². The second-order valence-corrected chi connectivity index (χ2v) is 9.76. The smallest absolute Gasteiger partial charge is 0.306 e. The summed E-state index contributed by atoms with van der Waals surface area (Å²) in [4.78, 5) is 24.9. The van der Waals surface area contributed by atoms with Crippen molar-refractivity contribution in [2.45, 2.75) is 83.1 Å². The summed E-state index contributed by atoms with van der Waals surface area (Å²) in [5.74, 6) is 0.0947. The number of hydrogen-bond acceptors (Lipinski definition) is 10. The summed E-state index contributed by atoms with van der Waals surface area (Å²) in [7, 11) is 0. The number of hydrogen-bond donors (Lipinski definition) is 4. The lowest BCUT2D eigenvalue weighted by Crippen LogP contribution is -2.34. The summed E-state index contributed by atoms with van der Waals surface area (Å²) in [5, 5.41) is 34.4. The van der Waals surface area contributed by atoms with Crippen LogP contribution in [0, 0.1) is 5.41 Å². The lowest BCUT2D eigenvalue weighted by molar-refractivity contribution is -0.152. The largest absolute Gasteiger partial charge is 0.463 e. The molecule has 0 radical (unpaired) electrons. The van der Waals surface area contributed by atoms with Crippen LogP contribution in [0.5, 0.6) is 0 Å². The number of carbonyl (C=O) groups excluding carboxylic acids is 1.